The number of aliphatic hydroxyl groups is 1. The summed E-state index contributed by atoms with van der Waals surface area (Å²) in [5, 5.41) is 14.4. The van der Waals surface area contributed by atoms with E-state index < -0.39 is 18.8 Å². The highest BCUT2D eigenvalue weighted by Gasteiger charge is 2.38. The first-order valence-electron chi connectivity index (χ1n) is 5.45. The van der Waals surface area contributed by atoms with Crippen molar-refractivity contribution in [1.82, 2.24) is 9.36 Å². The molecule has 0 aliphatic carbocycles. The lowest BCUT2D eigenvalue weighted by Gasteiger charge is -2.15. The molecule has 0 radical (unpaired) electrons. The molecule has 0 saturated carbocycles. The first-order chi connectivity index (χ1) is 9.29. The lowest BCUT2D eigenvalue weighted by atomic mass is 10.2. The van der Waals surface area contributed by atoms with Gasteiger partial charge in [-0.1, -0.05) is 0 Å². The number of nitrogens with two attached hydrogens (primary N) is 1. The van der Waals surface area contributed by atoms with Gasteiger partial charge in [0.05, 0.1) is 22.8 Å². The van der Waals surface area contributed by atoms with Gasteiger partial charge in [-0.2, -0.15) is 17.5 Å². The monoisotopic (exact) mass is 324 g/mol. The van der Waals surface area contributed by atoms with Gasteiger partial charge in [-0.25, -0.2) is 4.98 Å². The lowest BCUT2D eigenvalue weighted by molar-refractivity contribution is -0.198. The van der Waals surface area contributed by atoms with E-state index in [9.17, 15) is 13.2 Å². The molecule has 2 aromatic rings. The number of aromatic nitrogens is 2. The molecule has 2 aromatic heterocycles. The third kappa shape index (κ3) is 3.19. The maximum atomic E-state index is 12.2. The highest BCUT2D eigenvalue weighted by Crippen LogP contribution is 2.37. The highest BCUT2D eigenvalue weighted by atomic mass is 32.1. The number of halogens is 3. The minimum Gasteiger partial charge on any atom is -0.382 e. The Morgan fingerprint density at radius 2 is 2.20 bits per heavy atom. The van der Waals surface area contributed by atoms with Crippen LogP contribution in [0.15, 0.2) is 5.38 Å². The topological polar surface area (TPSA) is 84.1 Å². The molecule has 2 heterocycles. The number of anilines is 2. The van der Waals surface area contributed by atoms with E-state index in [1.54, 1.807) is 5.38 Å². The van der Waals surface area contributed by atoms with Crippen LogP contribution in [-0.2, 0) is 0 Å². The van der Waals surface area contributed by atoms with Crippen molar-refractivity contribution >= 4 is 33.7 Å². The molecule has 0 saturated heterocycles. The zero-order valence-corrected chi connectivity index (χ0v) is 11.9. The number of alkyl halides is 3. The van der Waals surface area contributed by atoms with Crippen LogP contribution in [0.3, 0.4) is 0 Å². The Balaban J connectivity index is 2.18. The average molecular weight is 324 g/mol. The zero-order valence-electron chi connectivity index (χ0n) is 10.2. The third-order valence-electron chi connectivity index (χ3n) is 2.43. The molecule has 2 rings (SSSR count). The Morgan fingerprint density at radius 3 is 2.75 bits per heavy atom. The minimum atomic E-state index is -4.67. The molecule has 0 fully saturated rings. The van der Waals surface area contributed by atoms with Crippen molar-refractivity contribution < 1.29 is 18.3 Å². The van der Waals surface area contributed by atoms with Gasteiger partial charge in [0.2, 0.25) is 0 Å². The number of aliphatic hydroxyl groups excluding tert-OH is 1. The maximum Gasteiger partial charge on any atom is 0.416 e. The molecule has 20 heavy (non-hydrogen) atoms. The number of nitrogens with zero attached hydrogens (tertiary/aromatic N) is 2. The van der Waals surface area contributed by atoms with E-state index in [1.165, 1.54) is 11.3 Å². The van der Waals surface area contributed by atoms with Gasteiger partial charge >= 0.3 is 6.18 Å². The average Bonchev–Trinajstić information content (AvgIpc) is 2.91. The predicted molar refractivity (Wildman–Crippen MR) is 72.9 cm³/mol. The molecule has 4 N–H and O–H groups in total. The Morgan fingerprint density at radius 1 is 1.50 bits per heavy atom. The van der Waals surface area contributed by atoms with E-state index in [2.05, 4.69) is 14.7 Å². The lowest BCUT2D eigenvalue weighted by Crippen LogP contribution is -2.34. The van der Waals surface area contributed by atoms with Gasteiger partial charge in [-0.15, -0.1) is 11.3 Å². The predicted octanol–water partition coefficient (Wildman–Crippen LogP) is 2.49. The Kier molecular flexibility index (Phi) is 4.16. The molecule has 0 aliphatic heterocycles. The highest BCUT2D eigenvalue weighted by molar-refractivity contribution is 7.11. The van der Waals surface area contributed by atoms with Crippen LogP contribution in [0.1, 0.15) is 5.01 Å². The van der Waals surface area contributed by atoms with Crippen LogP contribution in [0.2, 0.25) is 0 Å². The van der Waals surface area contributed by atoms with Crippen molar-refractivity contribution in [3.05, 3.63) is 10.4 Å². The van der Waals surface area contributed by atoms with Crippen LogP contribution in [0.5, 0.6) is 0 Å². The van der Waals surface area contributed by atoms with Crippen molar-refractivity contribution in [1.29, 1.82) is 0 Å². The summed E-state index contributed by atoms with van der Waals surface area (Å²) in [7, 11) is 0. The number of nitrogens with one attached hydrogen (secondary N) is 1. The number of hydrogen-bond acceptors (Lipinski definition) is 7. The molecule has 0 spiro atoms. The summed E-state index contributed by atoms with van der Waals surface area (Å²) < 4.78 is 40.6. The number of rotatable bonds is 4. The maximum absolute atomic E-state index is 12.2. The Hall–Kier alpha value is -1.39. The Labute approximate surface area is 120 Å². The summed E-state index contributed by atoms with van der Waals surface area (Å²) in [4.78, 5) is 4.23. The zero-order chi connectivity index (χ0) is 14.9. The normalized spacial score (nSPS) is 13.4. The molecular formula is C10H11F3N4OS2. The third-order valence-corrected chi connectivity index (χ3v) is 4.02. The summed E-state index contributed by atoms with van der Waals surface area (Å²) in [5.74, 6) is 0.198. The van der Waals surface area contributed by atoms with Crippen LogP contribution >= 0.6 is 22.9 Å². The number of aryl methyl sites for hydroxylation is 1. The van der Waals surface area contributed by atoms with E-state index >= 15 is 0 Å². The van der Waals surface area contributed by atoms with Crippen molar-refractivity contribution in [2.24, 2.45) is 0 Å². The quantitative estimate of drug-likeness (QED) is 0.805. The number of thiazole rings is 1. The van der Waals surface area contributed by atoms with Gasteiger partial charge in [0, 0.05) is 5.38 Å². The minimum absolute atomic E-state index is 0.198. The largest absolute Gasteiger partial charge is 0.416 e. The van der Waals surface area contributed by atoms with Crippen LogP contribution in [-0.4, -0.2) is 33.3 Å². The SMILES string of the molecule is Cc1nc(-c2c(N)nsc2NCC(O)C(F)(F)F)cs1. The number of nitrogen functional groups attached to an aromatic ring is 1. The standard InChI is InChI=1S/C10H11F3N4OS2/c1-4-16-5(3-19-4)7-8(14)17-20-9(7)15-2-6(18)10(11,12)13/h3,6,15,18H,2H2,1H3,(H2,14,17). The molecule has 0 bridgehead atoms. The van der Waals surface area contributed by atoms with Gasteiger partial charge in [0.15, 0.2) is 6.10 Å². The van der Waals surface area contributed by atoms with Gasteiger partial charge in [0.25, 0.3) is 0 Å². The van der Waals surface area contributed by atoms with E-state index in [0.29, 0.717) is 16.3 Å². The fraction of sp³-hybridized carbons (Fsp3) is 0.400. The van der Waals surface area contributed by atoms with Crippen LogP contribution in [0, 0.1) is 6.92 Å². The fourth-order valence-corrected chi connectivity index (χ4v) is 2.79. The summed E-state index contributed by atoms with van der Waals surface area (Å²) in [6.45, 7) is 1.14. The van der Waals surface area contributed by atoms with E-state index in [0.717, 1.165) is 16.5 Å². The molecular weight excluding hydrogens is 313 g/mol. The molecule has 0 amide bonds. The van der Waals surface area contributed by atoms with Crippen molar-refractivity contribution in [3.63, 3.8) is 0 Å². The summed E-state index contributed by atoms with van der Waals surface area (Å²) in [6.07, 6.45) is -7.11. The van der Waals surface area contributed by atoms with Crippen molar-refractivity contribution in [2.45, 2.75) is 19.2 Å². The van der Waals surface area contributed by atoms with Crippen LogP contribution in [0.4, 0.5) is 24.0 Å². The molecule has 0 aromatic carbocycles. The van der Waals surface area contributed by atoms with E-state index in [-0.39, 0.29) is 5.82 Å². The summed E-state index contributed by atoms with van der Waals surface area (Å²) in [5.41, 5.74) is 6.74. The number of hydrogen-bond donors (Lipinski definition) is 3. The van der Waals surface area contributed by atoms with Gasteiger partial charge in [-0.3, -0.25) is 0 Å². The molecule has 1 atom stereocenters. The van der Waals surface area contributed by atoms with Crippen LogP contribution < -0.4 is 11.1 Å². The second kappa shape index (κ2) is 5.54. The van der Waals surface area contributed by atoms with Gasteiger partial charge in [0.1, 0.15) is 10.8 Å². The van der Waals surface area contributed by atoms with Gasteiger partial charge < -0.3 is 16.2 Å². The fourth-order valence-electron chi connectivity index (χ4n) is 1.45. The van der Waals surface area contributed by atoms with Crippen molar-refractivity contribution in [3.8, 4) is 11.3 Å². The summed E-state index contributed by atoms with van der Waals surface area (Å²) in [6, 6.07) is 0. The van der Waals surface area contributed by atoms with E-state index in [4.69, 9.17) is 10.8 Å². The Bertz CT molecular complexity index is 596. The first-order valence-corrected chi connectivity index (χ1v) is 7.10. The van der Waals surface area contributed by atoms with Crippen LogP contribution in [0.25, 0.3) is 11.3 Å². The van der Waals surface area contributed by atoms with Gasteiger partial charge in [-0.05, 0) is 18.5 Å². The van der Waals surface area contributed by atoms with E-state index in [1.807, 2.05) is 6.92 Å². The molecule has 10 heteroatoms. The molecule has 110 valence electrons. The molecule has 0 aliphatic rings. The molecule has 5 nitrogen and oxygen atoms in total. The summed E-state index contributed by atoms with van der Waals surface area (Å²) >= 11 is 2.33. The first kappa shape index (κ1) is 15.0. The smallest absolute Gasteiger partial charge is 0.382 e. The van der Waals surface area contributed by atoms with Crippen molar-refractivity contribution in [2.75, 3.05) is 17.6 Å². The second-order valence-corrected chi connectivity index (χ2v) is 5.80. The second-order valence-electron chi connectivity index (χ2n) is 3.96. The molecule has 1 unspecified atom stereocenters.